The van der Waals surface area contributed by atoms with Crippen molar-refractivity contribution in [3.63, 3.8) is 0 Å². The summed E-state index contributed by atoms with van der Waals surface area (Å²) in [6.45, 7) is 4.47. The van der Waals surface area contributed by atoms with Crippen LogP contribution in [-0.2, 0) is 9.31 Å². The van der Waals surface area contributed by atoms with E-state index in [9.17, 15) is 0 Å². The Morgan fingerprint density at radius 1 is 1.08 bits per heavy atom. The third-order valence-corrected chi connectivity index (χ3v) is 1.55. The molecule has 0 aromatic carbocycles. The molecule has 0 aliphatic heterocycles. The summed E-state index contributed by atoms with van der Waals surface area (Å²) >= 11 is 0. The number of nitrogens with two attached hydrogens (primary N) is 1. The predicted octanol–water partition coefficient (Wildman–Crippen LogP) is 0.825. The first-order valence-electron chi connectivity index (χ1n) is 4.77. The van der Waals surface area contributed by atoms with Gasteiger partial charge in [0, 0.05) is 13.2 Å². The van der Waals surface area contributed by atoms with Crippen LogP contribution in [0.3, 0.4) is 0 Å². The number of hydrogen-bond donors (Lipinski definition) is 1. The minimum atomic E-state index is 0.435. The summed E-state index contributed by atoms with van der Waals surface area (Å²) in [5.74, 6) is 0. The highest BCUT2D eigenvalue weighted by molar-refractivity contribution is 6.17. The first-order chi connectivity index (χ1) is 5.91. The third kappa shape index (κ3) is 9.94. The van der Waals surface area contributed by atoms with Crippen molar-refractivity contribution in [1.82, 2.24) is 0 Å². The molecule has 0 bridgehead atoms. The van der Waals surface area contributed by atoms with Crippen LogP contribution in [0.2, 0.25) is 0 Å². The lowest BCUT2D eigenvalue weighted by atomic mass is 10.3. The monoisotopic (exact) mass is 173 g/mol. The molecule has 72 valence electrons. The molecule has 0 saturated heterocycles. The smallest absolute Gasteiger partial charge is 0.414 e. The van der Waals surface area contributed by atoms with Gasteiger partial charge in [-0.15, -0.1) is 0 Å². The molecule has 0 aromatic rings. The Balaban J connectivity index is 2.73. The normalized spacial score (nSPS) is 10.2. The summed E-state index contributed by atoms with van der Waals surface area (Å²) in [5, 5.41) is 0. The van der Waals surface area contributed by atoms with E-state index < -0.39 is 0 Å². The Kier molecular flexibility index (Phi) is 10.9. The Hall–Kier alpha value is -0.0551. The van der Waals surface area contributed by atoms with Crippen LogP contribution in [0.15, 0.2) is 0 Å². The van der Waals surface area contributed by atoms with E-state index in [0.29, 0.717) is 7.69 Å². The van der Waals surface area contributed by atoms with E-state index in [2.05, 4.69) is 6.92 Å². The molecule has 0 fully saturated rings. The van der Waals surface area contributed by atoms with Crippen molar-refractivity contribution in [3.8, 4) is 0 Å². The van der Waals surface area contributed by atoms with Gasteiger partial charge in [-0.2, -0.15) is 0 Å². The molecule has 0 atom stereocenters. The third-order valence-electron chi connectivity index (χ3n) is 1.55. The molecule has 0 unspecified atom stereocenters. The van der Waals surface area contributed by atoms with Crippen molar-refractivity contribution in [1.29, 1.82) is 0 Å². The Bertz CT molecular complexity index is 73.5. The summed E-state index contributed by atoms with van der Waals surface area (Å²) in [7, 11) is 0.435. The summed E-state index contributed by atoms with van der Waals surface area (Å²) in [4.78, 5) is 0. The van der Waals surface area contributed by atoms with E-state index in [4.69, 9.17) is 15.0 Å². The zero-order valence-electron chi connectivity index (χ0n) is 8.05. The lowest BCUT2D eigenvalue weighted by molar-refractivity contribution is 0.216. The van der Waals surface area contributed by atoms with Crippen LogP contribution < -0.4 is 5.73 Å². The summed E-state index contributed by atoms with van der Waals surface area (Å²) < 4.78 is 10.4. The fraction of sp³-hybridized carbons (Fsp3) is 1.00. The van der Waals surface area contributed by atoms with E-state index in [1.54, 1.807) is 0 Å². The lowest BCUT2D eigenvalue weighted by Crippen LogP contribution is -2.08. The second-order valence-corrected chi connectivity index (χ2v) is 2.78. The Labute approximate surface area is 75.9 Å². The molecule has 3 nitrogen and oxygen atoms in total. The molecule has 0 aliphatic carbocycles. The van der Waals surface area contributed by atoms with E-state index in [0.717, 1.165) is 39.0 Å². The fourth-order valence-corrected chi connectivity index (χ4v) is 0.772. The molecule has 2 N–H and O–H groups in total. The number of hydrogen-bond acceptors (Lipinski definition) is 3. The number of unbranched alkanes of at least 4 members (excludes halogenated alkanes) is 2. The first kappa shape index (κ1) is 11.9. The minimum Gasteiger partial charge on any atom is -0.414 e. The first-order valence-corrected chi connectivity index (χ1v) is 4.77. The van der Waals surface area contributed by atoms with Gasteiger partial charge in [-0.3, -0.25) is 0 Å². The van der Waals surface area contributed by atoms with Gasteiger partial charge in [0.05, 0.1) is 0 Å². The van der Waals surface area contributed by atoms with Crippen molar-refractivity contribution in [2.24, 2.45) is 5.73 Å². The molecule has 0 amide bonds. The molecular formula is C8H20BNO2. The van der Waals surface area contributed by atoms with Crippen molar-refractivity contribution >= 4 is 7.69 Å². The van der Waals surface area contributed by atoms with E-state index in [-0.39, 0.29) is 0 Å². The van der Waals surface area contributed by atoms with Gasteiger partial charge in [0.15, 0.2) is 0 Å². The van der Waals surface area contributed by atoms with Crippen LogP contribution in [0.5, 0.6) is 0 Å². The van der Waals surface area contributed by atoms with Gasteiger partial charge in [0.2, 0.25) is 0 Å². The SMILES string of the molecule is CCCCOBOCCCCN. The molecule has 0 radical (unpaired) electrons. The van der Waals surface area contributed by atoms with Crippen molar-refractivity contribution in [2.45, 2.75) is 32.6 Å². The molecule has 12 heavy (non-hydrogen) atoms. The van der Waals surface area contributed by atoms with Gasteiger partial charge in [0.1, 0.15) is 0 Å². The predicted molar refractivity (Wildman–Crippen MR) is 52.2 cm³/mol. The van der Waals surface area contributed by atoms with Crippen molar-refractivity contribution in [2.75, 3.05) is 19.8 Å². The van der Waals surface area contributed by atoms with Crippen molar-refractivity contribution < 1.29 is 9.31 Å². The van der Waals surface area contributed by atoms with Crippen LogP contribution >= 0.6 is 0 Å². The summed E-state index contributed by atoms with van der Waals surface area (Å²) in [6, 6.07) is 0. The van der Waals surface area contributed by atoms with E-state index in [1.165, 1.54) is 6.42 Å². The second kappa shape index (κ2) is 10.9. The minimum absolute atomic E-state index is 0.435. The molecule has 0 saturated carbocycles. The van der Waals surface area contributed by atoms with Gasteiger partial charge in [-0.25, -0.2) is 0 Å². The van der Waals surface area contributed by atoms with Crippen LogP contribution in [0.1, 0.15) is 32.6 Å². The average Bonchev–Trinajstić information content (AvgIpc) is 2.10. The zero-order valence-corrected chi connectivity index (χ0v) is 8.05. The maximum absolute atomic E-state index is 5.32. The standard InChI is InChI=1S/C8H20BNO2/c1-2-3-7-11-9-12-8-5-4-6-10/h9H,2-8,10H2,1H3. The van der Waals surface area contributed by atoms with Gasteiger partial charge in [-0.05, 0) is 25.8 Å². The molecule has 0 aromatic heterocycles. The summed E-state index contributed by atoms with van der Waals surface area (Å²) in [6.07, 6.45) is 4.36. The topological polar surface area (TPSA) is 44.5 Å². The van der Waals surface area contributed by atoms with Crippen LogP contribution in [0, 0.1) is 0 Å². The average molecular weight is 173 g/mol. The second-order valence-electron chi connectivity index (χ2n) is 2.78. The Morgan fingerprint density at radius 2 is 1.75 bits per heavy atom. The van der Waals surface area contributed by atoms with Gasteiger partial charge in [0.25, 0.3) is 0 Å². The fourth-order valence-electron chi connectivity index (χ4n) is 0.772. The lowest BCUT2D eigenvalue weighted by Gasteiger charge is -2.02. The van der Waals surface area contributed by atoms with E-state index >= 15 is 0 Å². The van der Waals surface area contributed by atoms with Crippen molar-refractivity contribution in [3.05, 3.63) is 0 Å². The Morgan fingerprint density at radius 3 is 2.33 bits per heavy atom. The van der Waals surface area contributed by atoms with Gasteiger partial charge >= 0.3 is 7.69 Å². The molecular weight excluding hydrogens is 153 g/mol. The van der Waals surface area contributed by atoms with Crippen LogP contribution in [-0.4, -0.2) is 27.4 Å². The molecule has 0 spiro atoms. The largest absolute Gasteiger partial charge is 0.438 e. The van der Waals surface area contributed by atoms with Gasteiger partial charge < -0.3 is 15.0 Å². The number of rotatable bonds is 9. The quantitative estimate of drug-likeness (QED) is 0.414. The van der Waals surface area contributed by atoms with E-state index in [1.807, 2.05) is 0 Å². The molecule has 0 rings (SSSR count). The van der Waals surface area contributed by atoms with Crippen LogP contribution in [0.4, 0.5) is 0 Å². The summed E-state index contributed by atoms with van der Waals surface area (Å²) in [5.41, 5.74) is 5.32. The molecule has 0 heterocycles. The maximum Gasteiger partial charge on any atom is 0.438 e. The highest BCUT2D eigenvalue weighted by Gasteiger charge is 1.92. The zero-order chi connectivity index (χ0) is 9.07. The molecule has 0 aliphatic rings. The highest BCUT2D eigenvalue weighted by Crippen LogP contribution is 1.89. The van der Waals surface area contributed by atoms with Gasteiger partial charge in [-0.1, -0.05) is 13.3 Å². The maximum atomic E-state index is 5.32. The molecule has 4 heteroatoms. The van der Waals surface area contributed by atoms with Crippen LogP contribution in [0.25, 0.3) is 0 Å². The highest BCUT2D eigenvalue weighted by atomic mass is 16.6.